The molecule has 0 aliphatic rings. The number of benzene rings is 1. The van der Waals surface area contributed by atoms with Crippen molar-refractivity contribution in [2.24, 2.45) is 0 Å². The van der Waals surface area contributed by atoms with Crippen LogP contribution in [-0.2, 0) is 6.54 Å². The van der Waals surface area contributed by atoms with E-state index < -0.39 is 0 Å². The number of aromatic nitrogens is 5. The average Bonchev–Trinajstić information content (AvgIpc) is 3.04. The van der Waals surface area contributed by atoms with Gasteiger partial charge < -0.3 is 0 Å². The molecule has 0 saturated heterocycles. The van der Waals surface area contributed by atoms with Gasteiger partial charge in [0.05, 0.1) is 20.9 Å². The molecule has 4 aromatic rings. The molecule has 142 valence electrons. The van der Waals surface area contributed by atoms with Crippen molar-refractivity contribution >= 4 is 57.3 Å². The molecule has 3 aromatic heterocycles. The molecule has 4 rings (SSSR count). The Balaban J connectivity index is 2.09. The normalized spacial score (nSPS) is 11.3. The zero-order chi connectivity index (χ0) is 20.0. The molecule has 0 bridgehead atoms. The van der Waals surface area contributed by atoms with Crippen molar-refractivity contribution in [1.29, 1.82) is 0 Å². The second kappa shape index (κ2) is 7.37. The molecular weight excluding hydrogens is 444 g/mol. The van der Waals surface area contributed by atoms with Crippen LogP contribution < -0.4 is 5.56 Å². The molecule has 0 aliphatic heterocycles. The van der Waals surface area contributed by atoms with Gasteiger partial charge >= 0.3 is 0 Å². The summed E-state index contributed by atoms with van der Waals surface area (Å²) in [7, 11) is 0. The highest BCUT2D eigenvalue weighted by Gasteiger charge is 2.21. The zero-order valence-electron chi connectivity index (χ0n) is 14.3. The lowest BCUT2D eigenvalue weighted by atomic mass is 10.2. The highest BCUT2D eigenvalue weighted by Crippen LogP contribution is 2.30. The zero-order valence-corrected chi connectivity index (χ0v) is 17.4. The van der Waals surface area contributed by atoms with Gasteiger partial charge in [0, 0.05) is 23.8 Å². The van der Waals surface area contributed by atoms with Crippen LogP contribution in [0, 0.1) is 0 Å². The molecule has 0 spiro atoms. The Kier molecular flexibility index (Phi) is 5.05. The number of hydrogen-bond acceptors (Lipinski definition) is 4. The van der Waals surface area contributed by atoms with Crippen molar-refractivity contribution in [3.8, 4) is 17.3 Å². The molecule has 28 heavy (non-hydrogen) atoms. The number of fused-ring (bicyclic) bond motifs is 1. The molecule has 0 radical (unpaired) electrons. The van der Waals surface area contributed by atoms with E-state index in [-0.39, 0.29) is 15.7 Å². The van der Waals surface area contributed by atoms with E-state index in [2.05, 4.69) is 15.1 Å². The maximum Gasteiger partial charge on any atom is 0.261 e. The monoisotopic (exact) mass is 453 g/mol. The molecule has 3 heterocycles. The number of rotatable bonds is 3. The van der Waals surface area contributed by atoms with Crippen molar-refractivity contribution in [3.05, 3.63) is 67.1 Å². The molecule has 0 atom stereocenters. The van der Waals surface area contributed by atoms with Gasteiger partial charge in [0.25, 0.3) is 5.56 Å². The first-order valence-electron chi connectivity index (χ1n) is 8.17. The van der Waals surface area contributed by atoms with Crippen molar-refractivity contribution in [2.75, 3.05) is 0 Å². The van der Waals surface area contributed by atoms with Gasteiger partial charge in [0.15, 0.2) is 16.8 Å². The molecule has 0 saturated carbocycles. The van der Waals surface area contributed by atoms with Gasteiger partial charge in [-0.1, -0.05) is 46.4 Å². The SMILES string of the molecule is CCn1c(-c2cc(Cl)nn2-c2ncccc2Cl)nc2c(Cl)cc(Cl)cc2c1=O. The first-order valence-corrected chi connectivity index (χ1v) is 9.68. The molecule has 10 heteroatoms. The first kappa shape index (κ1) is 19.2. The number of halogens is 4. The Bertz CT molecular complexity index is 1280. The Morgan fingerprint density at radius 2 is 1.86 bits per heavy atom. The van der Waals surface area contributed by atoms with Crippen molar-refractivity contribution < 1.29 is 0 Å². The lowest BCUT2D eigenvalue weighted by molar-refractivity contribution is 0.717. The van der Waals surface area contributed by atoms with E-state index in [1.165, 1.54) is 15.3 Å². The fraction of sp³-hybridized carbons (Fsp3) is 0.111. The van der Waals surface area contributed by atoms with Crippen LogP contribution in [0.4, 0.5) is 0 Å². The summed E-state index contributed by atoms with van der Waals surface area (Å²) in [5, 5.41) is 5.81. The van der Waals surface area contributed by atoms with Gasteiger partial charge in [0.2, 0.25) is 0 Å². The van der Waals surface area contributed by atoms with Gasteiger partial charge in [-0.25, -0.2) is 14.6 Å². The number of pyridine rings is 1. The highest BCUT2D eigenvalue weighted by molar-refractivity contribution is 6.38. The molecule has 6 nitrogen and oxygen atoms in total. The summed E-state index contributed by atoms with van der Waals surface area (Å²) >= 11 is 24.8. The molecule has 1 aromatic carbocycles. The summed E-state index contributed by atoms with van der Waals surface area (Å²) in [6.07, 6.45) is 1.58. The minimum atomic E-state index is -0.275. The van der Waals surface area contributed by atoms with E-state index in [9.17, 15) is 4.79 Å². The van der Waals surface area contributed by atoms with Gasteiger partial charge in [-0.05, 0) is 31.2 Å². The van der Waals surface area contributed by atoms with E-state index >= 15 is 0 Å². The van der Waals surface area contributed by atoms with Crippen LogP contribution in [-0.4, -0.2) is 24.3 Å². The van der Waals surface area contributed by atoms with Crippen molar-refractivity contribution in [1.82, 2.24) is 24.3 Å². The summed E-state index contributed by atoms with van der Waals surface area (Å²) in [6.45, 7) is 2.20. The van der Waals surface area contributed by atoms with E-state index in [0.29, 0.717) is 44.8 Å². The maximum absolute atomic E-state index is 13.1. The lowest BCUT2D eigenvalue weighted by Gasteiger charge is -2.14. The first-order chi connectivity index (χ1) is 13.4. The second-order valence-electron chi connectivity index (χ2n) is 5.84. The molecule has 0 aliphatic carbocycles. The largest absolute Gasteiger partial charge is 0.291 e. The average molecular weight is 455 g/mol. The number of nitrogens with zero attached hydrogens (tertiary/aromatic N) is 5. The predicted molar refractivity (Wildman–Crippen MR) is 112 cm³/mol. The fourth-order valence-corrected chi connectivity index (χ4v) is 3.86. The fourth-order valence-electron chi connectivity index (χ4n) is 2.95. The van der Waals surface area contributed by atoms with E-state index in [1.807, 2.05) is 6.92 Å². The third-order valence-corrected chi connectivity index (χ3v) is 5.13. The molecule has 0 amide bonds. The van der Waals surface area contributed by atoms with Crippen LogP contribution >= 0.6 is 46.4 Å². The molecule has 0 unspecified atom stereocenters. The standard InChI is InChI=1S/C18H11Cl4N5O/c1-2-26-17(24-15-10(18(26)28)6-9(19)7-12(15)21)13-8-14(22)25-27(13)16-11(20)4-3-5-23-16/h3-8H,2H2,1H3. The van der Waals surface area contributed by atoms with Gasteiger partial charge in [-0.3, -0.25) is 9.36 Å². The van der Waals surface area contributed by atoms with Crippen molar-refractivity contribution in [3.63, 3.8) is 0 Å². The molecular formula is C18H11Cl4N5O. The Labute approximate surface area is 179 Å². The second-order valence-corrected chi connectivity index (χ2v) is 7.48. The molecule has 0 fully saturated rings. The summed E-state index contributed by atoms with van der Waals surface area (Å²) in [4.78, 5) is 22.0. The molecule has 0 N–H and O–H groups in total. The van der Waals surface area contributed by atoms with E-state index in [0.717, 1.165) is 0 Å². The lowest BCUT2D eigenvalue weighted by Crippen LogP contribution is -2.23. The van der Waals surface area contributed by atoms with Crippen LogP contribution in [0.2, 0.25) is 20.2 Å². The van der Waals surface area contributed by atoms with Gasteiger partial charge in [-0.15, -0.1) is 0 Å². The Hall–Kier alpha value is -2.12. The predicted octanol–water partition coefficient (Wildman–Crippen LogP) is 5.28. The smallest absolute Gasteiger partial charge is 0.261 e. The van der Waals surface area contributed by atoms with Gasteiger partial charge in [-0.2, -0.15) is 5.10 Å². The summed E-state index contributed by atoms with van der Waals surface area (Å²) in [6, 6.07) is 8.07. The third kappa shape index (κ3) is 3.16. The minimum absolute atomic E-state index is 0.205. The van der Waals surface area contributed by atoms with Gasteiger partial charge in [0.1, 0.15) is 5.69 Å². The Morgan fingerprint density at radius 1 is 1.07 bits per heavy atom. The highest BCUT2D eigenvalue weighted by atomic mass is 35.5. The van der Waals surface area contributed by atoms with Crippen LogP contribution in [0.5, 0.6) is 0 Å². The van der Waals surface area contributed by atoms with E-state index in [4.69, 9.17) is 46.4 Å². The summed E-state index contributed by atoms with van der Waals surface area (Å²) < 4.78 is 2.95. The van der Waals surface area contributed by atoms with Crippen LogP contribution in [0.1, 0.15) is 6.92 Å². The summed E-state index contributed by atoms with van der Waals surface area (Å²) in [5.41, 5.74) is 0.520. The topological polar surface area (TPSA) is 65.6 Å². The quantitative estimate of drug-likeness (QED) is 0.422. The van der Waals surface area contributed by atoms with E-state index in [1.54, 1.807) is 30.5 Å². The number of hydrogen-bond donors (Lipinski definition) is 0. The minimum Gasteiger partial charge on any atom is -0.291 e. The maximum atomic E-state index is 13.1. The Morgan fingerprint density at radius 3 is 2.57 bits per heavy atom. The van der Waals surface area contributed by atoms with Crippen LogP contribution in [0.3, 0.4) is 0 Å². The van der Waals surface area contributed by atoms with Crippen LogP contribution in [0.25, 0.3) is 28.2 Å². The van der Waals surface area contributed by atoms with Crippen LogP contribution in [0.15, 0.2) is 41.3 Å². The van der Waals surface area contributed by atoms with Crippen molar-refractivity contribution in [2.45, 2.75) is 13.5 Å². The summed E-state index contributed by atoms with van der Waals surface area (Å²) in [5.74, 6) is 0.704. The third-order valence-electron chi connectivity index (χ3n) is 4.14.